The first-order valence-corrected chi connectivity index (χ1v) is 14.1. The molecule has 2 heterocycles. The van der Waals surface area contributed by atoms with Crippen molar-refractivity contribution in [3.8, 4) is 17.0 Å². The van der Waals surface area contributed by atoms with E-state index in [9.17, 15) is 22.7 Å². The van der Waals surface area contributed by atoms with Gasteiger partial charge in [-0.1, -0.05) is 56.1 Å². The van der Waals surface area contributed by atoms with E-state index in [0.29, 0.717) is 41.2 Å². The zero-order valence-electron chi connectivity index (χ0n) is 20.9. The molecule has 0 saturated heterocycles. The van der Waals surface area contributed by atoms with Crippen molar-refractivity contribution < 1.29 is 17.9 Å². The van der Waals surface area contributed by atoms with Gasteiger partial charge in [0, 0.05) is 23.2 Å². The largest absolute Gasteiger partial charge is 0.493 e. The Bertz CT molecular complexity index is 1610. The third kappa shape index (κ3) is 5.49. The van der Waals surface area contributed by atoms with E-state index >= 15 is 0 Å². The van der Waals surface area contributed by atoms with Gasteiger partial charge in [-0.3, -0.25) is 9.36 Å². The molecule has 0 aliphatic rings. The van der Waals surface area contributed by atoms with Crippen LogP contribution in [0.5, 0.6) is 5.88 Å². The minimum Gasteiger partial charge on any atom is -0.493 e. The SMILES string of the molecule is CCCCc1nc(=O)c(S(=O)(=O)c2ccc(-c3ccc(F)nc3)cc2)c(O)n1[C@@H](CC)c1cccc(Cl)c1. The second-order valence-electron chi connectivity index (χ2n) is 8.84. The number of sulfone groups is 1. The summed E-state index contributed by atoms with van der Waals surface area (Å²) in [6, 6.07) is 15.0. The Morgan fingerprint density at radius 3 is 2.37 bits per heavy atom. The molecule has 0 saturated carbocycles. The van der Waals surface area contributed by atoms with Gasteiger partial charge in [0.15, 0.2) is 4.90 Å². The summed E-state index contributed by atoms with van der Waals surface area (Å²) in [7, 11) is -4.45. The molecular formula is C28H27ClFN3O4S. The Morgan fingerprint density at radius 1 is 1.05 bits per heavy atom. The van der Waals surface area contributed by atoms with Crippen LogP contribution in [0.2, 0.25) is 5.02 Å². The number of benzene rings is 2. The maximum atomic E-state index is 13.7. The summed E-state index contributed by atoms with van der Waals surface area (Å²) in [5.74, 6) is -0.980. The lowest BCUT2D eigenvalue weighted by molar-refractivity contribution is 0.358. The number of nitrogens with zero attached hydrogens (tertiary/aromatic N) is 3. The molecule has 0 amide bonds. The molecule has 10 heteroatoms. The lowest BCUT2D eigenvalue weighted by atomic mass is 10.0. The molecule has 0 bridgehead atoms. The second kappa shape index (κ2) is 11.4. The molecule has 0 unspecified atom stereocenters. The molecule has 0 radical (unpaired) electrons. The van der Waals surface area contributed by atoms with Crippen LogP contribution < -0.4 is 5.56 Å². The third-order valence-electron chi connectivity index (χ3n) is 6.31. The highest BCUT2D eigenvalue weighted by molar-refractivity contribution is 7.91. The van der Waals surface area contributed by atoms with Crippen molar-refractivity contribution in [2.24, 2.45) is 0 Å². The fraction of sp³-hybridized carbons (Fsp3) is 0.250. The van der Waals surface area contributed by atoms with Crippen LogP contribution in [0.3, 0.4) is 0 Å². The lowest BCUT2D eigenvalue weighted by Crippen LogP contribution is -2.27. The molecular weight excluding hydrogens is 529 g/mol. The van der Waals surface area contributed by atoms with E-state index in [1.807, 2.05) is 19.9 Å². The smallest absolute Gasteiger partial charge is 0.296 e. The predicted molar refractivity (Wildman–Crippen MR) is 144 cm³/mol. The first-order chi connectivity index (χ1) is 18.2. The van der Waals surface area contributed by atoms with Crippen molar-refractivity contribution in [2.75, 3.05) is 0 Å². The zero-order chi connectivity index (χ0) is 27.4. The van der Waals surface area contributed by atoms with Crippen molar-refractivity contribution in [3.05, 3.63) is 99.6 Å². The maximum absolute atomic E-state index is 13.7. The van der Waals surface area contributed by atoms with Gasteiger partial charge in [0.25, 0.3) is 5.56 Å². The Labute approximate surface area is 225 Å². The summed E-state index contributed by atoms with van der Waals surface area (Å²) in [5.41, 5.74) is 0.935. The Balaban J connectivity index is 1.85. The van der Waals surface area contributed by atoms with E-state index in [1.54, 1.807) is 18.2 Å². The molecule has 1 atom stereocenters. The summed E-state index contributed by atoms with van der Waals surface area (Å²) in [6.45, 7) is 3.88. The number of aromatic nitrogens is 3. The van der Waals surface area contributed by atoms with Crippen LogP contribution >= 0.6 is 11.6 Å². The average Bonchev–Trinajstić information content (AvgIpc) is 2.89. The number of aryl methyl sites for hydroxylation is 1. The van der Waals surface area contributed by atoms with Gasteiger partial charge in [-0.25, -0.2) is 13.4 Å². The monoisotopic (exact) mass is 555 g/mol. The summed E-state index contributed by atoms with van der Waals surface area (Å²) < 4.78 is 41.9. The molecule has 0 fully saturated rings. The highest BCUT2D eigenvalue weighted by atomic mass is 35.5. The van der Waals surface area contributed by atoms with Gasteiger partial charge in [0.2, 0.25) is 21.7 Å². The van der Waals surface area contributed by atoms with Crippen LogP contribution in [-0.4, -0.2) is 28.1 Å². The van der Waals surface area contributed by atoms with E-state index in [2.05, 4.69) is 9.97 Å². The van der Waals surface area contributed by atoms with Crippen molar-refractivity contribution in [1.82, 2.24) is 14.5 Å². The molecule has 7 nitrogen and oxygen atoms in total. The maximum Gasteiger partial charge on any atom is 0.296 e. The molecule has 0 aliphatic carbocycles. The number of halogens is 2. The summed E-state index contributed by atoms with van der Waals surface area (Å²) in [6.07, 6.45) is 3.72. The number of hydrogen-bond donors (Lipinski definition) is 1. The lowest BCUT2D eigenvalue weighted by Gasteiger charge is -2.25. The van der Waals surface area contributed by atoms with Crippen molar-refractivity contribution >= 4 is 21.4 Å². The van der Waals surface area contributed by atoms with Crippen molar-refractivity contribution in [2.45, 2.75) is 55.4 Å². The van der Waals surface area contributed by atoms with Crippen molar-refractivity contribution in [3.63, 3.8) is 0 Å². The normalized spacial score (nSPS) is 12.4. The zero-order valence-corrected chi connectivity index (χ0v) is 22.5. The summed E-state index contributed by atoms with van der Waals surface area (Å²) >= 11 is 6.21. The highest BCUT2D eigenvalue weighted by Crippen LogP contribution is 2.34. The van der Waals surface area contributed by atoms with Gasteiger partial charge in [0.05, 0.1) is 10.9 Å². The third-order valence-corrected chi connectivity index (χ3v) is 8.34. The molecule has 0 spiro atoms. The van der Waals surface area contributed by atoms with Crippen molar-refractivity contribution in [1.29, 1.82) is 0 Å². The fourth-order valence-corrected chi connectivity index (χ4v) is 5.94. The van der Waals surface area contributed by atoms with Gasteiger partial charge < -0.3 is 5.11 Å². The van der Waals surface area contributed by atoms with E-state index in [1.165, 1.54) is 47.2 Å². The second-order valence-corrected chi connectivity index (χ2v) is 11.2. The van der Waals surface area contributed by atoms with E-state index in [-0.39, 0.29) is 4.90 Å². The minimum atomic E-state index is -4.45. The minimum absolute atomic E-state index is 0.186. The van der Waals surface area contributed by atoms with Crippen LogP contribution in [0.15, 0.2) is 81.4 Å². The van der Waals surface area contributed by atoms with Crippen LogP contribution in [0.1, 0.15) is 50.5 Å². The van der Waals surface area contributed by atoms with Gasteiger partial charge >= 0.3 is 0 Å². The average molecular weight is 556 g/mol. The van der Waals surface area contributed by atoms with E-state index < -0.39 is 38.2 Å². The first kappa shape index (κ1) is 27.5. The van der Waals surface area contributed by atoms with Crippen LogP contribution in [0.4, 0.5) is 4.39 Å². The van der Waals surface area contributed by atoms with Crippen LogP contribution in [0.25, 0.3) is 11.1 Å². The Hall–Kier alpha value is -3.56. The van der Waals surface area contributed by atoms with Crippen LogP contribution in [-0.2, 0) is 16.3 Å². The Morgan fingerprint density at radius 2 is 1.76 bits per heavy atom. The van der Waals surface area contributed by atoms with Crippen LogP contribution in [0, 0.1) is 5.95 Å². The van der Waals surface area contributed by atoms with Gasteiger partial charge in [-0.2, -0.15) is 9.37 Å². The quantitative estimate of drug-likeness (QED) is 0.255. The molecule has 2 aromatic carbocycles. The van der Waals surface area contributed by atoms with E-state index in [0.717, 1.165) is 12.0 Å². The van der Waals surface area contributed by atoms with Gasteiger partial charge in [0.1, 0.15) is 5.82 Å². The number of rotatable bonds is 9. The molecule has 38 heavy (non-hydrogen) atoms. The van der Waals surface area contributed by atoms with Gasteiger partial charge in [-0.15, -0.1) is 0 Å². The Kier molecular flexibility index (Phi) is 8.28. The molecule has 0 aliphatic heterocycles. The first-order valence-electron chi connectivity index (χ1n) is 12.2. The molecule has 1 N–H and O–H groups in total. The fourth-order valence-electron chi connectivity index (χ4n) is 4.40. The van der Waals surface area contributed by atoms with E-state index in [4.69, 9.17) is 11.6 Å². The molecule has 4 rings (SSSR count). The molecule has 198 valence electrons. The predicted octanol–water partition coefficient (Wildman–Crippen LogP) is 5.98. The van der Waals surface area contributed by atoms with Gasteiger partial charge in [-0.05, 0) is 60.4 Å². The highest BCUT2D eigenvalue weighted by Gasteiger charge is 2.31. The number of unbranched alkanes of at least 4 members (excludes halogenated alkanes) is 1. The summed E-state index contributed by atoms with van der Waals surface area (Å²) in [4.78, 5) is 19.9. The standard InChI is InChI=1S/C28H27ClFN3O4S/c1-3-5-9-25-32-27(34)26(28(35)33(25)23(4-2)19-7-6-8-21(29)16-19)38(36,37)22-13-10-18(11-14-22)20-12-15-24(30)31-17-20/h6-8,10-17,23,35H,3-5,9H2,1-2H3/t23-/m0/s1. The summed E-state index contributed by atoms with van der Waals surface area (Å²) in [5, 5.41) is 11.9. The molecule has 2 aromatic heterocycles. The topological polar surface area (TPSA) is 102 Å². The molecule has 4 aromatic rings. The number of hydrogen-bond acceptors (Lipinski definition) is 6. The number of pyridine rings is 1. The number of aromatic hydroxyl groups is 1.